The van der Waals surface area contributed by atoms with Crippen LogP contribution < -0.4 is 21.7 Å². The van der Waals surface area contributed by atoms with Gasteiger partial charge in [0.1, 0.15) is 6.04 Å². The Morgan fingerprint density at radius 1 is 1.20 bits per heavy atom. The molecule has 0 aliphatic rings. The minimum absolute atomic E-state index is 0.0380. The average Bonchev–Trinajstić information content (AvgIpc) is 2.37. The Bertz CT molecular complexity index is 474. The van der Waals surface area contributed by atoms with E-state index in [1.165, 1.54) is 0 Å². The predicted octanol–water partition coefficient (Wildman–Crippen LogP) is 1.18. The average molecular weight is 278 g/mol. The van der Waals surface area contributed by atoms with Gasteiger partial charge in [-0.2, -0.15) is 0 Å². The van der Waals surface area contributed by atoms with Gasteiger partial charge in [0.15, 0.2) is 0 Å². The van der Waals surface area contributed by atoms with E-state index < -0.39 is 12.1 Å². The van der Waals surface area contributed by atoms with E-state index in [2.05, 4.69) is 16.0 Å². The summed E-state index contributed by atoms with van der Waals surface area (Å²) >= 11 is 0. The minimum atomic E-state index is -0.602. The molecule has 1 aromatic carbocycles. The van der Waals surface area contributed by atoms with Gasteiger partial charge in [-0.25, -0.2) is 4.79 Å². The molecule has 0 saturated heterocycles. The summed E-state index contributed by atoms with van der Waals surface area (Å²) in [6.45, 7) is 5.77. The first kappa shape index (κ1) is 16.0. The zero-order valence-corrected chi connectivity index (χ0v) is 12.1. The minimum Gasteiger partial charge on any atom is -0.352 e. The third kappa shape index (κ3) is 5.27. The SMILES string of the molecule is CC(C)NC(=O)C(C)NC(=O)Nc1cccc(CN)c1. The standard InChI is InChI=1S/C14H22N4O2/c1-9(2)16-13(19)10(3)17-14(20)18-12-6-4-5-11(7-12)8-15/h4-7,9-10H,8,15H2,1-3H3,(H,16,19)(H2,17,18,20). The molecule has 0 bridgehead atoms. The fourth-order valence-electron chi connectivity index (χ4n) is 1.61. The summed E-state index contributed by atoms with van der Waals surface area (Å²) in [4.78, 5) is 23.5. The molecule has 0 fully saturated rings. The van der Waals surface area contributed by atoms with Crippen LogP contribution in [0.15, 0.2) is 24.3 Å². The fourth-order valence-corrected chi connectivity index (χ4v) is 1.61. The highest BCUT2D eigenvalue weighted by Crippen LogP contribution is 2.09. The van der Waals surface area contributed by atoms with Crippen LogP contribution in [-0.4, -0.2) is 24.0 Å². The topological polar surface area (TPSA) is 96.2 Å². The van der Waals surface area contributed by atoms with Crippen LogP contribution in [0.1, 0.15) is 26.3 Å². The molecule has 1 aromatic rings. The summed E-state index contributed by atoms with van der Waals surface area (Å²) in [7, 11) is 0. The van der Waals surface area contributed by atoms with E-state index in [0.29, 0.717) is 12.2 Å². The Morgan fingerprint density at radius 2 is 1.90 bits per heavy atom. The summed E-state index contributed by atoms with van der Waals surface area (Å²) < 4.78 is 0. The van der Waals surface area contributed by atoms with Crippen LogP contribution in [0.2, 0.25) is 0 Å². The molecule has 0 saturated carbocycles. The van der Waals surface area contributed by atoms with Gasteiger partial charge < -0.3 is 21.7 Å². The molecular weight excluding hydrogens is 256 g/mol. The van der Waals surface area contributed by atoms with Gasteiger partial charge in [-0.15, -0.1) is 0 Å². The third-order valence-corrected chi connectivity index (χ3v) is 2.59. The molecule has 110 valence electrons. The van der Waals surface area contributed by atoms with Crippen molar-refractivity contribution in [3.05, 3.63) is 29.8 Å². The molecule has 0 aliphatic carbocycles. The van der Waals surface area contributed by atoms with E-state index in [4.69, 9.17) is 5.73 Å². The Morgan fingerprint density at radius 3 is 2.50 bits per heavy atom. The third-order valence-electron chi connectivity index (χ3n) is 2.59. The molecule has 6 heteroatoms. The summed E-state index contributed by atoms with van der Waals surface area (Å²) in [5.74, 6) is -0.217. The van der Waals surface area contributed by atoms with Crippen LogP contribution in [0.4, 0.5) is 10.5 Å². The molecule has 5 N–H and O–H groups in total. The van der Waals surface area contributed by atoms with Crippen molar-refractivity contribution in [2.75, 3.05) is 5.32 Å². The summed E-state index contributed by atoms with van der Waals surface area (Å²) in [5, 5.41) is 7.98. The molecule has 1 unspecified atom stereocenters. The summed E-state index contributed by atoms with van der Waals surface area (Å²) in [6, 6.07) is 6.25. The lowest BCUT2D eigenvalue weighted by Crippen LogP contribution is -2.48. The number of amides is 3. The van der Waals surface area contributed by atoms with Crippen molar-refractivity contribution >= 4 is 17.6 Å². The van der Waals surface area contributed by atoms with E-state index in [-0.39, 0.29) is 11.9 Å². The molecule has 0 spiro atoms. The molecule has 0 heterocycles. The Kier molecular flexibility index (Phi) is 5.99. The second-order valence-corrected chi connectivity index (χ2v) is 4.89. The van der Waals surface area contributed by atoms with E-state index in [1.54, 1.807) is 19.1 Å². The number of carbonyl (C=O) groups is 2. The van der Waals surface area contributed by atoms with Crippen molar-refractivity contribution in [1.82, 2.24) is 10.6 Å². The van der Waals surface area contributed by atoms with Crippen LogP contribution in [0.25, 0.3) is 0 Å². The largest absolute Gasteiger partial charge is 0.352 e. The van der Waals surface area contributed by atoms with Gasteiger partial charge in [0.25, 0.3) is 0 Å². The summed E-state index contributed by atoms with van der Waals surface area (Å²) in [6.07, 6.45) is 0. The molecule has 0 aromatic heterocycles. The van der Waals surface area contributed by atoms with E-state index in [1.807, 2.05) is 26.0 Å². The monoisotopic (exact) mass is 278 g/mol. The van der Waals surface area contributed by atoms with Gasteiger partial charge in [-0.3, -0.25) is 4.79 Å². The highest BCUT2D eigenvalue weighted by atomic mass is 16.2. The van der Waals surface area contributed by atoms with Crippen molar-refractivity contribution in [3.8, 4) is 0 Å². The lowest BCUT2D eigenvalue weighted by Gasteiger charge is -2.16. The molecule has 20 heavy (non-hydrogen) atoms. The van der Waals surface area contributed by atoms with Crippen LogP contribution in [0.3, 0.4) is 0 Å². The van der Waals surface area contributed by atoms with Crippen molar-refractivity contribution in [2.45, 2.75) is 39.4 Å². The maximum absolute atomic E-state index is 11.8. The van der Waals surface area contributed by atoms with E-state index in [0.717, 1.165) is 5.56 Å². The molecule has 6 nitrogen and oxygen atoms in total. The Balaban J connectivity index is 2.52. The van der Waals surface area contributed by atoms with E-state index in [9.17, 15) is 9.59 Å². The molecule has 1 atom stereocenters. The lowest BCUT2D eigenvalue weighted by molar-refractivity contribution is -0.123. The zero-order chi connectivity index (χ0) is 15.1. The quantitative estimate of drug-likeness (QED) is 0.651. The Hall–Kier alpha value is -2.08. The second kappa shape index (κ2) is 7.49. The van der Waals surface area contributed by atoms with Crippen LogP contribution in [0, 0.1) is 0 Å². The first-order chi connectivity index (χ1) is 9.42. The van der Waals surface area contributed by atoms with Crippen LogP contribution in [-0.2, 0) is 11.3 Å². The highest BCUT2D eigenvalue weighted by molar-refractivity contribution is 5.93. The predicted molar refractivity (Wildman–Crippen MR) is 79.2 cm³/mol. The Labute approximate surface area is 119 Å². The van der Waals surface area contributed by atoms with Gasteiger partial charge in [0.2, 0.25) is 5.91 Å². The van der Waals surface area contributed by atoms with Crippen molar-refractivity contribution in [3.63, 3.8) is 0 Å². The van der Waals surface area contributed by atoms with Gasteiger partial charge in [0.05, 0.1) is 0 Å². The molecule has 3 amide bonds. The molecular formula is C14H22N4O2. The van der Waals surface area contributed by atoms with Crippen LogP contribution >= 0.6 is 0 Å². The maximum atomic E-state index is 11.8. The van der Waals surface area contributed by atoms with Gasteiger partial charge in [0, 0.05) is 18.3 Å². The lowest BCUT2D eigenvalue weighted by atomic mass is 10.2. The second-order valence-electron chi connectivity index (χ2n) is 4.89. The van der Waals surface area contributed by atoms with Gasteiger partial charge in [-0.05, 0) is 38.5 Å². The number of hydrogen-bond donors (Lipinski definition) is 4. The number of carbonyl (C=O) groups excluding carboxylic acids is 2. The number of benzene rings is 1. The van der Waals surface area contributed by atoms with Gasteiger partial charge in [-0.1, -0.05) is 12.1 Å². The number of nitrogens with two attached hydrogens (primary N) is 1. The number of hydrogen-bond acceptors (Lipinski definition) is 3. The number of urea groups is 1. The number of nitrogens with one attached hydrogen (secondary N) is 3. The van der Waals surface area contributed by atoms with Crippen molar-refractivity contribution in [1.29, 1.82) is 0 Å². The zero-order valence-electron chi connectivity index (χ0n) is 12.1. The van der Waals surface area contributed by atoms with Crippen molar-refractivity contribution < 1.29 is 9.59 Å². The number of rotatable bonds is 5. The molecule has 1 rings (SSSR count). The normalized spacial score (nSPS) is 11.8. The molecule has 0 aliphatic heterocycles. The first-order valence-electron chi connectivity index (χ1n) is 6.59. The van der Waals surface area contributed by atoms with Gasteiger partial charge >= 0.3 is 6.03 Å². The molecule has 0 radical (unpaired) electrons. The maximum Gasteiger partial charge on any atom is 0.319 e. The highest BCUT2D eigenvalue weighted by Gasteiger charge is 2.15. The number of anilines is 1. The van der Waals surface area contributed by atoms with E-state index >= 15 is 0 Å². The smallest absolute Gasteiger partial charge is 0.319 e. The first-order valence-corrected chi connectivity index (χ1v) is 6.59. The van der Waals surface area contributed by atoms with Crippen LogP contribution in [0.5, 0.6) is 0 Å². The summed E-state index contributed by atoms with van der Waals surface area (Å²) in [5.41, 5.74) is 7.10. The van der Waals surface area contributed by atoms with Crippen molar-refractivity contribution in [2.24, 2.45) is 5.73 Å². The fraction of sp³-hybridized carbons (Fsp3) is 0.429.